The zero-order chi connectivity index (χ0) is 12.5. The number of hydrogen-bond donors (Lipinski definition) is 2. The minimum atomic E-state index is -0.444. The van der Waals surface area contributed by atoms with Gasteiger partial charge in [-0.05, 0) is 0 Å². The second-order valence-electron chi connectivity index (χ2n) is 3.62. The van der Waals surface area contributed by atoms with Crippen molar-refractivity contribution in [1.29, 1.82) is 0 Å². The van der Waals surface area contributed by atoms with Crippen LogP contribution in [0.4, 0.5) is 5.82 Å². The molecule has 0 unspecified atom stereocenters. The van der Waals surface area contributed by atoms with Crippen LogP contribution < -0.4 is 10.6 Å². The number of nitrogens with two attached hydrogens (primary N) is 1. The Labute approximate surface area is 106 Å². The Morgan fingerprint density at radius 3 is 3.22 bits per heavy atom. The lowest BCUT2D eigenvalue weighted by atomic mass is 10.5. The first kappa shape index (κ1) is 11.5. The van der Waals surface area contributed by atoms with Crippen LogP contribution in [0.3, 0.4) is 0 Å². The molecule has 1 aliphatic heterocycles. The first-order chi connectivity index (χ1) is 8.78. The van der Waals surface area contributed by atoms with E-state index in [2.05, 4.69) is 15.0 Å². The summed E-state index contributed by atoms with van der Waals surface area (Å²) in [7, 11) is 0. The van der Waals surface area contributed by atoms with Crippen LogP contribution in [-0.2, 0) is 4.74 Å². The van der Waals surface area contributed by atoms with Gasteiger partial charge in [0.2, 0.25) is 11.9 Å². The van der Waals surface area contributed by atoms with Crippen LogP contribution in [0.5, 0.6) is 0 Å². The van der Waals surface area contributed by atoms with Crippen LogP contribution in [0.25, 0.3) is 11.2 Å². The summed E-state index contributed by atoms with van der Waals surface area (Å²) in [6.07, 6.45) is 2.37. The number of anilines is 1. The molecule has 2 aromatic heterocycles. The van der Waals surface area contributed by atoms with E-state index in [0.29, 0.717) is 22.7 Å². The van der Waals surface area contributed by atoms with Gasteiger partial charge in [-0.1, -0.05) is 0 Å². The quantitative estimate of drug-likeness (QED) is 0.749. The molecule has 1 saturated heterocycles. The van der Waals surface area contributed by atoms with E-state index in [1.165, 1.54) is 29.1 Å². The molecule has 3 N–H and O–H groups in total. The number of rotatable bonds is 3. The molecule has 1 aliphatic rings. The average Bonchev–Trinajstić information content (AvgIpc) is 2.98. The van der Waals surface area contributed by atoms with Gasteiger partial charge < -0.3 is 20.4 Å². The summed E-state index contributed by atoms with van der Waals surface area (Å²) < 4.78 is 6.83. The molecule has 1 fully saturated rings. The fourth-order valence-corrected chi connectivity index (χ4v) is 2.44. The maximum Gasteiger partial charge on any atom is 0.235 e. The Bertz CT molecular complexity index is 562. The fraction of sp³-hybridized carbons (Fsp3) is 0.444. The van der Waals surface area contributed by atoms with Crippen LogP contribution in [0.2, 0.25) is 0 Å². The number of nitrogens with zero attached hydrogens (tertiary/aromatic N) is 4. The number of fused-ring (bicyclic) bond motifs is 1. The van der Waals surface area contributed by atoms with Crippen LogP contribution in [0.1, 0.15) is 0 Å². The summed E-state index contributed by atoms with van der Waals surface area (Å²) in [5.41, 5.74) is 6.40. The number of aliphatic hydroxyl groups is 1. The van der Waals surface area contributed by atoms with Gasteiger partial charge >= 0.3 is 0 Å². The third kappa shape index (κ3) is 1.96. The first-order valence-corrected chi connectivity index (χ1v) is 6.31. The molecule has 0 amide bonds. The zero-order valence-electron chi connectivity index (χ0n) is 9.26. The van der Waals surface area contributed by atoms with E-state index in [4.69, 9.17) is 20.4 Å². The predicted molar refractivity (Wildman–Crippen MR) is 64.5 cm³/mol. The molecule has 3 heterocycles. The highest BCUT2D eigenvalue weighted by atomic mass is 32.2. The largest absolute Gasteiger partial charge is 0.393 e. The number of aromatic nitrogens is 4. The van der Waals surface area contributed by atoms with E-state index >= 15 is 0 Å². The number of thioether (sulfide) groups is 1. The van der Waals surface area contributed by atoms with Crippen molar-refractivity contribution in [2.45, 2.75) is 11.7 Å². The molecule has 0 aromatic carbocycles. The van der Waals surface area contributed by atoms with Gasteiger partial charge in [-0.2, -0.15) is 0 Å². The summed E-state index contributed by atoms with van der Waals surface area (Å²) >= 11 is 1.49. The minimum Gasteiger partial charge on any atom is -0.393 e. The first-order valence-electron chi connectivity index (χ1n) is 5.26. The predicted octanol–water partition coefficient (Wildman–Crippen LogP) is -0.755. The minimum absolute atomic E-state index is 0.0374. The van der Waals surface area contributed by atoms with E-state index in [1.54, 1.807) is 0 Å². The maximum absolute atomic E-state index is 8.96. The normalized spacial score (nSPS) is 23.6. The second-order valence-corrected chi connectivity index (χ2v) is 4.81. The number of ether oxygens (including phenoxy) is 1. The van der Waals surface area contributed by atoms with E-state index in [9.17, 15) is 0 Å². The third-order valence-electron chi connectivity index (χ3n) is 2.43. The van der Waals surface area contributed by atoms with Gasteiger partial charge in [-0.3, -0.25) is 0 Å². The topological polar surface area (TPSA) is 108 Å². The summed E-state index contributed by atoms with van der Waals surface area (Å²) in [5, 5.41) is 8.96. The Morgan fingerprint density at radius 2 is 2.44 bits per heavy atom. The van der Waals surface area contributed by atoms with Crippen LogP contribution in [-0.4, -0.2) is 48.9 Å². The Balaban J connectivity index is 1.81. The van der Waals surface area contributed by atoms with Gasteiger partial charge in [0, 0.05) is 0 Å². The van der Waals surface area contributed by atoms with Crippen molar-refractivity contribution in [3.8, 4) is 0 Å². The molecule has 8 nitrogen and oxygen atoms in total. The Kier molecular flexibility index (Phi) is 2.94. The van der Waals surface area contributed by atoms with Crippen molar-refractivity contribution in [1.82, 2.24) is 19.7 Å². The van der Waals surface area contributed by atoms with Gasteiger partial charge in [-0.25, -0.2) is 15.0 Å². The SMILES string of the molecule is Nc1ncnc2c1ncn2O[C@H]1CS[C@@H](CO)O1. The Hall–Kier alpha value is -1.58. The molecule has 0 spiro atoms. The second kappa shape index (κ2) is 4.59. The highest BCUT2D eigenvalue weighted by Gasteiger charge is 2.27. The molecule has 3 rings (SSSR count). The molecule has 0 radical (unpaired) electrons. The lowest BCUT2D eigenvalue weighted by molar-refractivity contribution is -0.132. The molecular weight excluding hydrogens is 258 g/mol. The lowest BCUT2D eigenvalue weighted by Crippen LogP contribution is -2.27. The molecule has 96 valence electrons. The van der Waals surface area contributed by atoms with Crippen molar-refractivity contribution >= 4 is 28.7 Å². The van der Waals surface area contributed by atoms with Crippen LogP contribution in [0, 0.1) is 0 Å². The van der Waals surface area contributed by atoms with Crippen LogP contribution >= 0.6 is 11.8 Å². The lowest BCUT2D eigenvalue weighted by Gasteiger charge is -2.13. The number of nitrogen functional groups attached to an aromatic ring is 1. The standard InChI is InChI=1S/C9H11N5O3S/c10-8-7-9(12-3-11-8)14(4-13-7)17-5-2-18-6(1-15)16-5/h3-6,15H,1-2H2,(H2,10,11,12)/t5-,6-/m0/s1. The van der Waals surface area contributed by atoms with Crippen LogP contribution in [0.15, 0.2) is 12.7 Å². The summed E-state index contributed by atoms with van der Waals surface area (Å²) in [5.74, 6) is 0.933. The molecule has 18 heavy (non-hydrogen) atoms. The van der Waals surface area contributed by atoms with Gasteiger partial charge in [0.25, 0.3) is 0 Å². The van der Waals surface area contributed by atoms with Gasteiger partial charge in [0.1, 0.15) is 18.1 Å². The molecule has 2 atom stereocenters. The zero-order valence-corrected chi connectivity index (χ0v) is 10.1. The molecule has 2 aromatic rings. The van der Waals surface area contributed by atoms with Gasteiger partial charge in [0.15, 0.2) is 11.3 Å². The fourth-order valence-electron chi connectivity index (χ4n) is 1.62. The third-order valence-corrected chi connectivity index (χ3v) is 3.53. The molecule has 0 bridgehead atoms. The van der Waals surface area contributed by atoms with E-state index in [-0.39, 0.29) is 12.0 Å². The highest BCUT2D eigenvalue weighted by Crippen LogP contribution is 2.24. The summed E-state index contributed by atoms with van der Waals surface area (Å²) in [4.78, 5) is 17.5. The highest BCUT2D eigenvalue weighted by molar-refractivity contribution is 8.00. The van der Waals surface area contributed by atoms with E-state index in [0.717, 1.165) is 0 Å². The number of hydrogen-bond acceptors (Lipinski definition) is 8. The van der Waals surface area contributed by atoms with Crippen molar-refractivity contribution in [3.05, 3.63) is 12.7 Å². The van der Waals surface area contributed by atoms with Gasteiger partial charge in [-0.15, -0.1) is 16.5 Å². The van der Waals surface area contributed by atoms with Crippen molar-refractivity contribution in [2.75, 3.05) is 18.1 Å². The Morgan fingerprint density at radius 1 is 1.56 bits per heavy atom. The average molecular weight is 269 g/mol. The van der Waals surface area contributed by atoms with E-state index in [1.807, 2.05) is 0 Å². The number of aliphatic hydroxyl groups excluding tert-OH is 1. The molecule has 0 saturated carbocycles. The number of imidazole rings is 1. The van der Waals surface area contributed by atoms with Crippen molar-refractivity contribution in [3.63, 3.8) is 0 Å². The van der Waals surface area contributed by atoms with Crippen molar-refractivity contribution < 1.29 is 14.7 Å². The smallest absolute Gasteiger partial charge is 0.235 e. The van der Waals surface area contributed by atoms with Crippen molar-refractivity contribution in [2.24, 2.45) is 0 Å². The maximum atomic E-state index is 8.96. The van der Waals surface area contributed by atoms with E-state index < -0.39 is 6.29 Å². The summed E-state index contributed by atoms with van der Waals surface area (Å²) in [6, 6.07) is 0. The molecular formula is C9H11N5O3S. The molecule has 9 heteroatoms. The molecule has 0 aliphatic carbocycles. The van der Waals surface area contributed by atoms with Gasteiger partial charge in [0.05, 0.1) is 12.4 Å². The summed E-state index contributed by atoms with van der Waals surface area (Å²) in [6.45, 7) is -0.0374. The monoisotopic (exact) mass is 269 g/mol.